The molecule has 1 aromatic carbocycles. The molecule has 9 nitrogen and oxygen atoms in total. The summed E-state index contributed by atoms with van der Waals surface area (Å²) in [5, 5.41) is 6.26. The molecule has 10 heteroatoms. The van der Waals surface area contributed by atoms with E-state index < -0.39 is 5.91 Å². The molecule has 2 aliphatic rings. The fraction of sp³-hybridized carbons (Fsp3) is 0.304. The van der Waals surface area contributed by atoms with Crippen molar-refractivity contribution in [2.24, 2.45) is 0 Å². The maximum absolute atomic E-state index is 13.1. The van der Waals surface area contributed by atoms with Crippen molar-refractivity contribution < 1.29 is 9.53 Å². The summed E-state index contributed by atoms with van der Waals surface area (Å²) >= 11 is 0. The number of anilines is 3. The van der Waals surface area contributed by atoms with E-state index in [1.165, 1.54) is 11.1 Å². The minimum atomic E-state index is -0.416. The SMILES string of the molecule is BNC1Cc2ccc(-c3cnc(N)c(C(=O)Nc4cnccc4N4CCOCC4)n3)cc2C1. The molecule has 4 N–H and O–H groups in total. The zero-order valence-electron chi connectivity index (χ0n) is 18.5. The number of nitrogens with zero attached hydrogens (tertiary/aromatic N) is 4. The van der Waals surface area contributed by atoms with Crippen molar-refractivity contribution in [3.63, 3.8) is 0 Å². The number of fused-ring (bicyclic) bond motifs is 1. The smallest absolute Gasteiger partial charge is 0.278 e. The minimum absolute atomic E-state index is 0.0875. The number of ether oxygens (including phenoxy) is 1. The highest BCUT2D eigenvalue weighted by atomic mass is 16.5. The normalized spacial score (nSPS) is 17.6. The van der Waals surface area contributed by atoms with Gasteiger partial charge in [-0.25, -0.2) is 9.97 Å². The van der Waals surface area contributed by atoms with Crippen LogP contribution in [0.1, 0.15) is 21.6 Å². The van der Waals surface area contributed by atoms with Gasteiger partial charge >= 0.3 is 0 Å². The van der Waals surface area contributed by atoms with Gasteiger partial charge in [-0.05, 0) is 36.1 Å². The Hall–Kier alpha value is -3.50. The number of rotatable bonds is 5. The standard InChI is InChI=1S/C23H26BN7O2/c24-30-17-10-14-1-2-15(9-16(14)11-17)18-13-27-22(25)21(28-18)23(32)29-19-12-26-4-3-20(19)31-5-7-33-8-6-31/h1-4,9,12-13,17,30H,5-8,10-11,24H2,(H2,25,27)(H,29,32). The van der Waals surface area contributed by atoms with Crippen LogP contribution >= 0.6 is 0 Å². The molecule has 2 aromatic heterocycles. The van der Waals surface area contributed by atoms with E-state index in [-0.39, 0.29) is 11.5 Å². The fourth-order valence-corrected chi connectivity index (χ4v) is 4.43. The largest absolute Gasteiger partial charge is 0.382 e. The first-order valence-corrected chi connectivity index (χ1v) is 11.1. The van der Waals surface area contributed by atoms with Crippen molar-refractivity contribution in [2.45, 2.75) is 18.9 Å². The lowest BCUT2D eigenvalue weighted by molar-refractivity contribution is 0.102. The molecule has 1 unspecified atom stereocenters. The zero-order valence-corrected chi connectivity index (χ0v) is 18.5. The summed E-state index contributed by atoms with van der Waals surface area (Å²) in [4.78, 5) is 28.3. The Bertz CT molecular complexity index is 1180. The van der Waals surface area contributed by atoms with Crippen LogP contribution in [0.4, 0.5) is 17.2 Å². The van der Waals surface area contributed by atoms with Gasteiger partial charge in [-0.2, -0.15) is 0 Å². The molecule has 0 bridgehead atoms. The molecule has 3 heterocycles. The van der Waals surface area contributed by atoms with E-state index >= 15 is 0 Å². The van der Waals surface area contributed by atoms with Crippen molar-refractivity contribution in [1.29, 1.82) is 0 Å². The highest BCUT2D eigenvalue weighted by Crippen LogP contribution is 2.29. The van der Waals surface area contributed by atoms with Crippen LogP contribution in [0, 0.1) is 0 Å². The maximum atomic E-state index is 13.1. The predicted octanol–water partition coefficient (Wildman–Crippen LogP) is 0.815. The third-order valence-corrected chi connectivity index (χ3v) is 6.26. The number of amides is 1. The van der Waals surface area contributed by atoms with E-state index in [4.69, 9.17) is 10.5 Å². The van der Waals surface area contributed by atoms with Crippen molar-refractivity contribution in [3.05, 3.63) is 59.7 Å². The molecular weight excluding hydrogens is 417 g/mol. The molecule has 1 amide bonds. The molecule has 0 saturated carbocycles. The number of morpholine rings is 1. The molecule has 1 aliphatic carbocycles. The van der Waals surface area contributed by atoms with Gasteiger partial charge in [-0.3, -0.25) is 9.78 Å². The monoisotopic (exact) mass is 443 g/mol. The van der Waals surface area contributed by atoms with Gasteiger partial charge in [0.1, 0.15) is 0 Å². The fourth-order valence-electron chi connectivity index (χ4n) is 4.43. The summed E-state index contributed by atoms with van der Waals surface area (Å²) in [6.45, 7) is 2.78. The predicted molar refractivity (Wildman–Crippen MR) is 130 cm³/mol. The molecule has 5 rings (SSSR count). The molecule has 0 spiro atoms. The van der Waals surface area contributed by atoms with Crippen LogP contribution < -0.4 is 21.2 Å². The number of aromatic nitrogens is 3. The number of nitrogens with two attached hydrogens (primary N) is 1. The van der Waals surface area contributed by atoms with Gasteiger partial charge in [0, 0.05) is 30.9 Å². The Morgan fingerprint density at radius 3 is 2.79 bits per heavy atom. The van der Waals surface area contributed by atoms with E-state index in [2.05, 4.69) is 42.5 Å². The average Bonchev–Trinajstić information content (AvgIpc) is 3.28. The Balaban J connectivity index is 1.40. The van der Waals surface area contributed by atoms with Crippen LogP contribution in [0.5, 0.6) is 0 Å². The van der Waals surface area contributed by atoms with E-state index in [9.17, 15) is 4.79 Å². The molecule has 33 heavy (non-hydrogen) atoms. The summed E-state index contributed by atoms with van der Waals surface area (Å²) in [5.74, 6) is -0.328. The van der Waals surface area contributed by atoms with Gasteiger partial charge in [0.05, 0.1) is 42.7 Å². The number of pyridine rings is 1. The second-order valence-electron chi connectivity index (χ2n) is 8.31. The minimum Gasteiger partial charge on any atom is -0.382 e. The highest BCUT2D eigenvalue weighted by molar-refractivity contribution is 6.07. The number of carbonyl (C=O) groups excluding carboxylic acids is 1. The Morgan fingerprint density at radius 1 is 1.15 bits per heavy atom. The summed E-state index contributed by atoms with van der Waals surface area (Å²) in [6.07, 6.45) is 6.95. The lowest BCUT2D eigenvalue weighted by atomic mass is 10.0. The summed E-state index contributed by atoms with van der Waals surface area (Å²) < 4.78 is 5.44. The van der Waals surface area contributed by atoms with Crippen molar-refractivity contribution >= 4 is 31.1 Å². The number of carbonyl (C=O) groups is 1. The molecule has 0 radical (unpaired) electrons. The lowest BCUT2D eigenvalue weighted by Gasteiger charge is -2.30. The van der Waals surface area contributed by atoms with E-state index in [0.717, 1.165) is 37.2 Å². The van der Waals surface area contributed by atoms with Gasteiger partial charge in [-0.1, -0.05) is 12.1 Å². The Kier molecular flexibility index (Phi) is 5.93. The second kappa shape index (κ2) is 9.17. The van der Waals surface area contributed by atoms with Crippen molar-refractivity contribution in [3.8, 4) is 11.3 Å². The van der Waals surface area contributed by atoms with Crippen LogP contribution in [0.3, 0.4) is 0 Å². The second-order valence-corrected chi connectivity index (χ2v) is 8.31. The number of hydrogen-bond acceptors (Lipinski definition) is 8. The Morgan fingerprint density at radius 2 is 1.97 bits per heavy atom. The average molecular weight is 443 g/mol. The third-order valence-electron chi connectivity index (χ3n) is 6.26. The third kappa shape index (κ3) is 4.39. The topological polar surface area (TPSA) is 118 Å². The van der Waals surface area contributed by atoms with Crippen LogP contribution in [-0.2, 0) is 17.6 Å². The summed E-state index contributed by atoms with van der Waals surface area (Å²) in [5.41, 5.74) is 11.8. The van der Waals surface area contributed by atoms with E-state index in [1.54, 1.807) is 18.6 Å². The van der Waals surface area contributed by atoms with E-state index in [1.807, 2.05) is 20.1 Å². The molecule has 168 valence electrons. The maximum Gasteiger partial charge on any atom is 0.278 e. The first-order valence-electron chi connectivity index (χ1n) is 11.1. The summed E-state index contributed by atoms with van der Waals surface area (Å²) in [7, 11) is 1.99. The van der Waals surface area contributed by atoms with Crippen LogP contribution in [0.15, 0.2) is 42.9 Å². The molecule has 1 fully saturated rings. The highest BCUT2D eigenvalue weighted by Gasteiger charge is 2.22. The molecule has 1 saturated heterocycles. The number of hydrogen-bond donors (Lipinski definition) is 3. The van der Waals surface area contributed by atoms with Gasteiger partial charge in [-0.15, -0.1) is 0 Å². The Labute approximate surface area is 193 Å². The van der Waals surface area contributed by atoms with Crippen LogP contribution in [0.2, 0.25) is 0 Å². The first-order chi connectivity index (χ1) is 16.1. The van der Waals surface area contributed by atoms with Crippen molar-refractivity contribution in [1.82, 2.24) is 20.2 Å². The first kappa shape index (κ1) is 21.4. The molecular formula is C23H26BN7O2. The number of nitrogens with one attached hydrogen (secondary N) is 2. The van der Waals surface area contributed by atoms with Gasteiger partial charge in [0.2, 0.25) is 0 Å². The van der Waals surface area contributed by atoms with Gasteiger partial charge in [0.15, 0.2) is 19.5 Å². The van der Waals surface area contributed by atoms with E-state index in [0.29, 0.717) is 30.6 Å². The van der Waals surface area contributed by atoms with Crippen molar-refractivity contribution in [2.75, 3.05) is 42.3 Å². The quantitative estimate of drug-likeness (QED) is 0.496. The molecule has 1 aliphatic heterocycles. The zero-order chi connectivity index (χ0) is 22.8. The van der Waals surface area contributed by atoms with Gasteiger partial charge in [0.25, 0.3) is 5.91 Å². The molecule has 1 atom stereocenters. The number of nitrogen functional groups attached to an aromatic ring is 1. The summed E-state index contributed by atoms with van der Waals surface area (Å²) in [6, 6.07) is 8.62. The van der Waals surface area contributed by atoms with Crippen LogP contribution in [-0.4, -0.2) is 61.2 Å². The molecule has 3 aromatic rings. The lowest BCUT2D eigenvalue weighted by Crippen LogP contribution is -2.36. The van der Waals surface area contributed by atoms with Crippen LogP contribution in [0.25, 0.3) is 11.3 Å². The number of benzene rings is 1. The van der Waals surface area contributed by atoms with Gasteiger partial charge < -0.3 is 25.9 Å².